The maximum atomic E-state index is 14.8. The number of fused-ring (bicyclic) bond motifs is 1. The van der Waals surface area contributed by atoms with Gasteiger partial charge in [-0.15, -0.1) is 0 Å². The Kier molecular flexibility index (Phi) is 7.72. The van der Waals surface area contributed by atoms with Crippen LogP contribution < -0.4 is 10.2 Å². The lowest BCUT2D eigenvalue weighted by Crippen LogP contribution is -2.46. The molecule has 2 atom stereocenters. The minimum absolute atomic E-state index is 0.0414. The van der Waals surface area contributed by atoms with Crippen LogP contribution in [0.15, 0.2) is 59.6 Å². The number of sulfone groups is 1. The standard InChI is InChI=1S/C28H27ClFN5O4S/c1-16-14-35(15-17(2)39-16)27-22(30)7-9-24(34-27)23-8-5-19-12-31-20(11-25(19)33-23)13-32-28(36)18-4-6-21(29)26(10-18)40(3,37)38/h4-12,16-17H,13-15H2,1-3H3,(H,32,36)/t16-,17+. The maximum Gasteiger partial charge on any atom is 0.251 e. The average Bonchev–Trinajstić information content (AvgIpc) is 2.90. The highest BCUT2D eigenvalue weighted by atomic mass is 35.5. The van der Waals surface area contributed by atoms with E-state index < -0.39 is 21.6 Å². The molecule has 1 aliphatic rings. The first kappa shape index (κ1) is 27.9. The normalized spacial score (nSPS) is 17.7. The van der Waals surface area contributed by atoms with Crippen molar-refractivity contribution < 1.29 is 22.3 Å². The Hall–Kier alpha value is -3.67. The van der Waals surface area contributed by atoms with Crippen LogP contribution in [0.25, 0.3) is 22.3 Å². The van der Waals surface area contributed by atoms with E-state index in [-0.39, 0.29) is 40.1 Å². The van der Waals surface area contributed by atoms with E-state index in [1.807, 2.05) is 24.8 Å². The summed E-state index contributed by atoms with van der Waals surface area (Å²) in [7, 11) is -3.59. The number of pyridine rings is 3. The van der Waals surface area contributed by atoms with Crippen molar-refractivity contribution in [3.63, 3.8) is 0 Å². The van der Waals surface area contributed by atoms with Crippen LogP contribution in [-0.2, 0) is 21.1 Å². The molecular weight excluding hydrogens is 557 g/mol. The fourth-order valence-corrected chi connectivity index (χ4v) is 5.95. The van der Waals surface area contributed by atoms with Crippen molar-refractivity contribution in [3.8, 4) is 11.4 Å². The zero-order valence-electron chi connectivity index (χ0n) is 22.1. The van der Waals surface area contributed by atoms with E-state index in [0.29, 0.717) is 35.7 Å². The molecule has 1 saturated heterocycles. The van der Waals surface area contributed by atoms with Crippen LogP contribution >= 0.6 is 11.6 Å². The summed E-state index contributed by atoms with van der Waals surface area (Å²) in [5.74, 6) is -0.613. The van der Waals surface area contributed by atoms with Gasteiger partial charge in [-0.2, -0.15) is 0 Å². The Labute approximate surface area is 236 Å². The second kappa shape index (κ2) is 11.1. The quantitative estimate of drug-likeness (QED) is 0.354. The van der Waals surface area contributed by atoms with Gasteiger partial charge in [-0.05, 0) is 62.4 Å². The van der Waals surface area contributed by atoms with Crippen LogP contribution in [0, 0.1) is 5.82 Å². The number of hydrogen-bond donors (Lipinski definition) is 1. The highest BCUT2D eigenvalue weighted by Gasteiger charge is 2.26. The summed E-state index contributed by atoms with van der Waals surface area (Å²) >= 11 is 5.98. The molecule has 9 nitrogen and oxygen atoms in total. The van der Waals surface area contributed by atoms with E-state index in [1.54, 1.807) is 24.4 Å². The van der Waals surface area contributed by atoms with Gasteiger partial charge in [0.05, 0.1) is 51.3 Å². The van der Waals surface area contributed by atoms with E-state index in [4.69, 9.17) is 21.3 Å². The molecule has 0 unspecified atom stereocenters. The minimum Gasteiger partial charge on any atom is -0.372 e. The van der Waals surface area contributed by atoms with Crippen molar-refractivity contribution >= 4 is 44.1 Å². The Morgan fingerprint density at radius 1 is 1.07 bits per heavy atom. The molecule has 40 heavy (non-hydrogen) atoms. The number of nitrogens with zero attached hydrogens (tertiary/aromatic N) is 4. The third-order valence-electron chi connectivity index (χ3n) is 6.46. The van der Waals surface area contributed by atoms with E-state index in [0.717, 1.165) is 11.6 Å². The molecule has 5 rings (SSSR count). The predicted octanol–water partition coefficient (Wildman–Crippen LogP) is 4.43. The van der Waals surface area contributed by atoms with Crippen LogP contribution in [0.1, 0.15) is 29.9 Å². The lowest BCUT2D eigenvalue weighted by Gasteiger charge is -2.36. The first-order valence-corrected chi connectivity index (χ1v) is 14.9. The van der Waals surface area contributed by atoms with Gasteiger partial charge in [0, 0.05) is 36.5 Å². The molecule has 1 N–H and O–H groups in total. The van der Waals surface area contributed by atoms with Crippen molar-refractivity contribution in [2.45, 2.75) is 37.5 Å². The smallest absolute Gasteiger partial charge is 0.251 e. The number of benzene rings is 1. The number of carbonyl (C=O) groups is 1. The Morgan fingerprint density at radius 3 is 2.50 bits per heavy atom. The predicted molar refractivity (Wildman–Crippen MR) is 151 cm³/mol. The molecular formula is C28H27ClFN5O4S. The van der Waals surface area contributed by atoms with Gasteiger partial charge >= 0.3 is 0 Å². The van der Waals surface area contributed by atoms with E-state index in [9.17, 15) is 17.6 Å². The second-order valence-electron chi connectivity index (χ2n) is 9.83. The maximum absolute atomic E-state index is 14.8. The van der Waals surface area contributed by atoms with Crippen LogP contribution in [0.5, 0.6) is 0 Å². The molecule has 0 radical (unpaired) electrons. The topological polar surface area (TPSA) is 114 Å². The second-order valence-corrected chi connectivity index (χ2v) is 12.2. The molecule has 1 aromatic carbocycles. The van der Waals surface area contributed by atoms with Gasteiger partial charge in [-0.3, -0.25) is 9.78 Å². The lowest BCUT2D eigenvalue weighted by molar-refractivity contribution is -0.00564. The number of carbonyl (C=O) groups excluding carboxylic acids is 1. The number of ether oxygens (including phenoxy) is 1. The summed E-state index contributed by atoms with van der Waals surface area (Å²) in [6.45, 7) is 5.06. The van der Waals surface area contributed by atoms with E-state index in [1.165, 1.54) is 24.3 Å². The number of aromatic nitrogens is 3. The van der Waals surface area contributed by atoms with E-state index >= 15 is 0 Å². The molecule has 0 spiro atoms. The number of rotatable bonds is 6. The van der Waals surface area contributed by atoms with Gasteiger partial charge in [0.2, 0.25) is 0 Å². The highest BCUT2D eigenvalue weighted by Crippen LogP contribution is 2.27. The van der Waals surface area contributed by atoms with Gasteiger partial charge in [0.1, 0.15) is 0 Å². The highest BCUT2D eigenvalue weighted by molar-refractivity contribution is 7.90. The van der Waals surface area contributed by atoms with Crippen LogP contribution in [0.3, 0.4) is 0 Å². The van der Waals surface area contributed by atoms with Crippen LogP contribution in [0.2, 0.25) is 5.02 Å². The van der Waals surface area contributed by atoms with Gasteiger partial charge in [0.25, 0.3) is 5.91 Å². The van der Waals surface area contributed by atoms with Crippen molar-refractivity contribution in [1.29, 1.82) is 0 Å². The molecule has 4 aromatic rings. The monoisotopic (exact) mass is 583 g/mol. The number of morpholine rings is 1. The molecule has 12 heteroatoms. The summed E-state index contributed by atoms with van der Waals surface area (Å²) in [6.07, 6.45) is 2.60. The fraction of sp³-hybridized carbons (Fsp3) is 0.286. The Morgan fingerprint density at radius 2 is 1.77 bits per heavy atom. The third-order valence-corrected chi connectivity index (χ3v) is 8.04. The van der Waals surface area contributed by atoms with Gasteiger partial charge in [-0.1, -0.05) is 11.6 Å². The minimum atomic E-state index is -3.59. The number of hydrogen-bond acceptors (Lipinski definition) is 8. The first-order valence-electron chi connectivity index (χ1n) is 12.6. The zero-order valence-corrected chi connectivity index (χ0v) is 23.6. The van der Waals surface area contributed by atoms with Crippen LogP contribution in [0.4, 0.5) is 10.2 Å². The molecule has 1 aliphatic heterocycles. The first-order chi connectivity index (χ1) is 19.0. The summed E-state index contributed by atoms with van der Waals surface area (Å²) < 4.78 is 44.4. The van der Waals surface area contributed by atoms with Crippen LogP contribution in [-0.4, -0.2) is 60.8 Å². The number of amides is 1. The molecule has 1 amide bonds. The van der Waals surface area contributed by atoms with E-state index in [2.05, 4.69) is 15.3 Å². The molecule has 4 heterocycles. The summed E-state index contributed by atoms with van der Waals surface area (Å²) in [6, 6.07) is 12.5. The largest absolute Gasteiger partial charge is 0.372 e. The molecule has 208 valence electrons. The summed E-state index contributed by atoms with van der Waals surface area (Å²) in [4.78, 5) is 28.2. The summed E-state index contributed by atoms with van der Waals surface area (Å²) in [5, 5.41) is 3.58. The number of anilines is 1. The average molecular weight is 584 g/mol. The van der Waals surface area contributed by atoms with Gasteiger partial charge in [0.15, 0.2) is 21.5 Å². The number of nitrogens with one attached hydrogen (secondary N) is 1. The summed E-state index contributed by atoms with van der Waals surface area (Å²) in [5.41, 5.74) is 2.43. The Bertz CT molecular complexity index is 1710. The molecule has 1 fully saturated rings. The van der Waals surface area contributed by atoms with Gasteiger partial charge in [-0.25, -0.2) is 22.8 Å². The molecule has 0 aliphatic carbocycles. The lowest BCUT2D eigenvalue weighted by atomic mass is 10.1. The van der Waals surface area contributed by atoms with Crippen molar-refractivity contribution in [1.82, 2.24) is 20.3 Å². The van der Waals surface area contributed by atoms with Gasteiger partial charge < -0.3 is 15.0 Å². The SMILES string of the molecule is C[C@@H]1CN(c2nc(-c3ccc4cnc(CNC(=O)c5ccc(Cl)c(S(C)(=O)=O)c5)cc4n3)ccc2F)C[C@H](C)O1. The van der Waals surface area contributed by atoms with Crippen molar-refractivity contribution in [3.05, 3.63) is 76.8 Å². The third kappa shape index (κ3) is 6.06. The molecule has 0 bridgehead atoms. The Balaban J connectivity index is 1.36. The zero-order chi connectivity index (χ0) is 28.6. The fourth-order valence-electron chi connectivity index (χ4n) is 4.65. The number of halogens is 2. The van der Waals surface area contributed by atoms with Crippen molar-refractivity contribution in [2.24, 2.45) is 0 Å². The van der Waals surface area contributed by atoms with Crippen molar-refractivity contribution in [2.75, 3.05) is 24.2 Å². The molecule has 0 saturated carbocycles. The molecule has 3 aromatic heterocycles.